The van der Waals surface area contributed by atoms with Gasteiger partial charge in [-0.15, -0.1) is 0 Å². The van der Waals surface area contributed by atoms with E-state index in [0.29, 0.717) is 0 Å². The molecular weight excluding hydrogens is 921 g/mol. The predicted molar refractivity (Wildman–Crippen MR) is 320 cm³/mol. The molecule has 0 bridgehead atoms. The normalized spacial score (nSPS) is 11.7. The van der Waals surface area contributed by atoms with E-state index in [1.807, 2.05) is 0 Å². The highest BCUT2D eigenvalue weighted by atomic mass is 28.3. The lowest BCUT2D eigenvalue weighted by molar-refractivity contribution is 1.18. The molecule has 2 aromatic heterocycles. The molecule has 0 saturated carbocycles. The van der Waals surface area contributed by atoms with Crippen molar-refractivity contribution < 1.29 is 0 Å². The van der Waals surface area contributed by atoms with E-state index in [-0.39, 0.29) is 0 Å². The zero-order valence-electron chi connectivity index (χ0n) is 41.3. The van der Waals surface area contributed by atoms with Crippen molar-refractivity contribution in [1.29, 1.82) is 0 Å². The molecule has 14 rings (SSSR count). The molecule has 0 spiro atoms. The molecule has 0 saturated heterocycles. The monoisotopic (exact) mass is 970 g/mol. The van der Waals surface area contributed by atoms with Crippen molar-refractivity contribution in [2.75, 3.05) is 0 Å². The van der Waals surface area contributed by atoms with Crippen molar-refractivity contribution in [3.05, 3.63) is 303 Å². The molecule has 14 aromatic rings. The minimum Gasteiger partial charge on any atom is -0.309 e. The molecule has 0 fully saturated rings. The molecule has 2 heterocycles. The van der Waals surface area contributed by atoms with Crippen LogP contribution < -0.4 is 20.7 Å². The van der Waals surface area contributed by atoms with E-state index in [2.05, 4.69) is 312 Å². The molecule has 12 aromatic carbocycles. The molecule has 352 valence electrons. The summed E-state index contributed by atoms with van der Waals surface area (Å²) in [5.74, 6) is 0. The van der Waals surface area contributed by atoms with Crippen molar-refractivity contribution in [3.8, 4) is 55.9 Å². The molecule has 0 unspecified atom stereocenters. The average molecular weight is 971 g/mol. The number of benzene rings is 12. The summed E-state index contributed by atoms with van der Waals surface area (Å²) < 4.78 is 5.01. The highest BCUT2D eigenvalue weighted by Gasteiger charge is 2.43. The first-order chi connectivity index (χ1) is 37.2. The van der Waals surface area contributed by atoms with E-state index in [9.17, 15) is 0 Å². The lowest BCUT2D eigenvalue weighted by atomic mass is 9.95. The summed E-state index contributed by atoms with van der Waals surface area (Å²) >= 11 is 0. The predicted octanol–water partition coefficient (Wildman–Crippen LogP) is 15.9. The number of nitrogens with zero attached hydrogens (tertiary/aromatic N) is 2. The number of hydrogen-bond donors (Lipinski definition) is 0. The third-order valence-corrected chi connectivity index (χ3v) is 20.2. The Bertz CT molecular complexity index is 4230. The first-order valence-electron chi connectivity index (χ1n) is 25.9. The van der Waals surface area contributed by atoms with Crippen LogP contribution in [0.4, 0.5) is 0 Å². The fourth-order valence-corrected chi connectivity index (χ4v) is 17.0. The van der Waals surface area contributed by atoms with Crippen LogP contribution in [0, 0.1) is 0 Å². The molecular formula is C72H50N2Si. The third kappa shape index (κ3) is 7.31. The van der Waals surface area contributed by atoms with Crippen LogP contribution in [0.2, 0.25) is 0 Å². The quantitative estimate of drug-likeness (QED) is 0.0955. The summed E-state index contributed by atoms with van der Waals surface area (Å²) in [6.45, 7) is 0. The molecule has 3 heteroatoms. The van der Waals surface area contributed by atoms with Crippen molar-refractivity contribution in [3.63, 3.8) is 0 Å². The van der Waals surface area contributed by atoms with Gasteiger partial charge in [-0.3, -0.25) is 0 Å². The number of fused-ring (bicyclic) bond motifs is 6. The van der Waals surface area contributed by atoms with E-state index >= 15 is 0 Å². The lowest BCUT2D eigenvalue weighted by Gasteiger charge is -2.36. The van der Waals surface area contributed by atoms with Crippen molar-refractivity contribution in [2.24, 2.45) is 0 Å². The highest BCUT2D eigenvalue weighted by molar-refractivity contribution is 7.20. The Morgan fingerprint density at radius 3 is 1.19 bits per heavy atom. The SMILES string of the molecule is c1ccc(-c2cccc([Si](c3ccccc3)(c3ccccc3)c3cc(-c4ccccc4)c(-n4c5ccccc5c5cc(-c6ccccc6-n6c7ccccc7c7ccccc76)ccc54)c(-c4ccccc4)c3)c2)cc1. The Morgan fingerprint density at radius 2 is 0.627 bits per heavy atom. The van der Waals surface area contributed by atoms with Gasteiger partial charge in [-0.05, 0) is 85.0 Å². The Labute approximate surface area is 438 Å². The molecule has 2 nitrogen and oxygen atoms in total. The maximum absolute atomic E-state index is 3.13. The summed E-state index contributed by atoms with van der Waals surface area (Å²) in [6, 6.07) is 113. The second kappa shape index (κ2) is 18.5. The zero-order valence-corrected chi connectivity index (χ0v) is 42.3. The van der Waals surface area contributed by atoms with Crippen molar-refractivity contribution in [2.45, 2.75) is 0 Å². The zero-order chi connectivity index (χ0) is 49.7. The van der Waals surface area contributed by atoms with Crippen LogP contribution in [0.15, 0.2) is 303 Å². The summed E-state index contributed by atoms with van der Waals surface area (Å²) in [7, 11) is -3.13. The van der Waals surface area contributed by atoms with Gasteiger partial charge in [0.15, 0.2) is 8.07 Å². The third-order valence-electron chi connectivity index (χ3n) is 15.5. The Kier molecular flexibility index (Phi) is 10.9. The fraction of sp³-hybridized carbons (Fsp3) is 0. The molecule has 0 N–H and O–H groups in total. The van der Waals surface area contributed by atoms with E-state index in [1.54, 1.807) is 0 Å². The van der Waals surface area contributed by atoms with Crippen LogP contribution in [-0.4, -0.2) is 17.2 Å². The van der Waals surface area contributed by atoms with Crippen LogP contribution in [0.5, 0.6) is 0 Å². The van der Waals surface area contributed by atoms with Gasteiger partial charge in [0.25, 0.3) is 0 Å². The molecule has 0 amide bonds. The van der Waals surface area contributed by atoms with Crippen molar-refractivity contribution >= 4 is 72.4 Å². The first-order valence-corrected chi connectivity index (χ1v) is 27.9. The average Bonchev–Trinajstić information content (AvgIpc) is 4.05. The second-order valence-electron chi connectivity index (χ2n) is 19.6. The van der Waals surface area contributed by atoms with Crippen LogP contribution in [0.1, 0.15) is 0 Å². The van der Waals surface area contributed by atoms with Gasteiger partial charge < -0.3 is 9.13 Å². The number of rotatable bonds is 10. The van der Waals surface area contributed by atoms with E-state index in [4.69, 9.17) is 0 Å². The van der Waals surface area contributed by atoms with E-state index in [1.165, 1.54) is 86.7 Å². The molecule has 0 atom stereocenters. The van der Waals surface area contributed by atoms with E-state index < -0.39 is 8.07 Å². The van der Waals surface area contributed by atoms with Crippen LogP contribution in [0.25, 0.3) is 99.5 Å². The van der Waals surface area contributed by atoms with Crippen LogP contribution >= 0.6 is 0 Å². The maximum Gasteiger partial charge on any atom is 0.179 e. The standard InChI is InChI=1S/C72H50N2Si/c1-6-25-51(26-7-1)54-31-24-36-58(47-54)75(56-32-12-4-13-33-56,57-34-14-5-15-35-57)59-49-64(52-27-8-2-9-28-52)72(65(50-59)53-29-10-3-11-30-53)74-70-44-23-19-40-63(70)66-48-55(45-46-71(66)74)60-37-16-20-41-67(60)73-68-42-21-17-38-61(68)62-39-18-22-43-69(62)73/h1-50H. The van der Waals surface area contributed by atoms with Gasteiger partial charge >= 0.3 is 0 Å². The van der Waals surface area contributed by atoms with E-state index in [0.717, 1.165) is 33.5 Å². The maximum atomic E-state index is 2.56. The number of hydrogen-bond acceptors (Lipinski definition) is 0. The highest BCUT2D eigenvalue weighted by Crippen LogP contribution is 2.44. The first kappa shape index (κ1) is 44.2. The Hall–Kier alpha value is -9.54. The number of para-hydroxylation sites is 4. The van der Waals surface area contributed by atoms with Gasteiger partial charge in [-0.25, -0.2) is 0 Å². The summed E-state index contributed by atoms with van der Waals surface area (Å²) in [6.07, 6.45) is 0. The van der Waals surface area contributed by atoms with Gasteiger partial charge in [-0.1, -0.05) is 267 Å². The minimum absolute atomic E-state index is 1.15. The molecule has 0 aliphatic carbocycles. The largest absolute Gasteiger partial charge is 0.309 e. The molecule has 0 aliphatic heterocycles. The van der Waals surface area contributed by atoms with Crippen LogP contribution in [0.3, 0.4) is 0 Å². The fourth-order valence-electron chi connectivity index (χ4n) is 12.2. The topological polar surface area (TPSA) is 9.86 Å². The molecule has 75 heavy (non-hydrogen) atoms. The van der Waals surface area contributed by atoms with Gasteiger partial charge in [-0.2, -0.15) is 0 Å². The smallest absolute Gasteiger partial charge is 0.179 e. The minimum atomic E-state index is -3.13. The molecule has 0 radical (unpaired) electrons. The Morgan fingerprint density at radius 1 is 0.213 bits per heavy atom. The summed E-state index contributed by atoms with van der Waals surface area (Å²) in [5.41, 5.74) is 16.5. The van der Waals surface area contributed by atoms with Gasteiger partial charge in [0.2, 0.25) is 0 Å². The second-order valence-corrected chi connectivity index (χ2v) is 23.4. The number of aromatic nitrogens is 2. The van der Waals surface area contributed by atoms with Crippen LogP contribution in [-0.2, 0) is 0 Å². The van der Waals surface area contributed by atoms with Crippen molar-refractivity contribution in [1.82, 2.24) is 9.13 Å². The summed E-state index contributed by atoms with van der Waals surface area (Å²) in [5, 5.41) is 10.2. The van der Waals surface area contributed by atoms with Gasteiger partial charge in [0.05, 0.1) is 33.4 Å². The van der Waals surface area contributed by atoms with Gasteiger partial charge in [0, 0.05) is 38.2 Å². The van der Waals surface area contributed by atoms with Gasteiger partial charge in [0.1, 0.15) is 0 Å². The lowest BCUT2D eigenvalue weighted by Crippen LogP contribution is -2.74. The molecule has 0 aliphatic rings. The Balaban J connectivity index is 1.07. The summed E-state index contributed by atoms with van der Waals surface area (Å²) in [4.78, 5) is 0.